The third kappa shape index (κ3) is 3.80. The van der Waals surface area contributed by atoms with Crippen LogP contribution in [0.3, 0.4) is 0 Å². The predicted octanol–water partition coefficient (Wildman–Crippen LogP) is 2.73. The number of fused-ring (bicyclic) bond motifs is 1. The number of Topliss-reactive ketones (excluding diaryl/α,β-unsaturated/α-hetero) is 1. The van der Waals surface area contributed by atoms with E-state index in [2.05, 4.69) is 5.16 Å². The Hall–Kier alpha value is -3.55. The van der Waals surface area contributed by atoms with E-state index in [9.17, 15) is 14.7 Å². The van der Waals surface area contributed by atoms with E-state index in [0.29, 0.717) is 23.3 Å². The highest BCUT2D eigenvalue weighted by molar-refractivity contribution is 6.19. The first kappa shape index (κ1) is 21.2. The van der Waals surface area contributed by atoms with Crippen molar-refractivity contribution >= 4 is 23.3 Å². The molecule has 0 saturated heterocycles. The predicted molar refractivity (Wildman–Crippen MR) is 114 cm³/mol. The van der Waals surface area contributed by atoms with Crippen LogP contribution in [0, 0.1) is 11.8 Å². The fraction of sp³-hybridized carbons (Fsp3) is 0.318. The zero-order valence-electron chi connectivity index (χ0n) is 17.2. The number of hydrogen-bond acceptors (Lipinski definition) is 5. The highest BCUT2D eigenvalue weighted by atomic mass is 16.4. The van der Waals surface area contributed by atoms with Gasteiger partial charge in [-0.05, 0) is 11.5 Å². The van der Waals surface area contributed by atoms with Gasteiger partial charge in [0.15, 0.2) is 11.6 Å². The van der Waals surface area contributed by atoms with Crippen LogP contribution in [0.2, 0.25) is 0 Å². The molecule has 0 fully saturated rings. The fourth-order valence-corrected chi connectivity index (χ4v) is 3.91. The summed E-state index contributed by atoms with van der Waals surface area (Å²) >= 11 is 0. The van der Waals surface area contributed by atoms with Gasteiger partial charge >= 0.3 is 6.09 Å². The van der Waals surface area contributed by atoms with Crippen LogP contribution in [0.15, 0.2) is 65.0 Å². The Morgan fingerprint density at radius 2 is 1.97 bits per heavy atom. The van der Waals surface area contributed by atoms with Crippen LogP contribution >= 0.6 is 0 Å². The molecule has 1 aromatic carbocycles. The molecule has 0 spiro atoms. The van der Waals surface area contributed by atoms with Crippen LogP contribution in [0.1, 0.15) is 19.4 Å². The summed E-state index contributed by atoms with van der Waals surface area (Å²) in [5.41, 5.74) is 8.14. The number of likely N-dealkylation sites (N-methyl/N-ethyl adjacent to an activating group) is 1. The van der Waals surface area contributed by atoms with E-state index in [0.717, 1.165) is 5.56 Å². The number of carbonyl (C=O) groups is 2. The van der Waals surface area contributed by atoms with Crippen LogP contribution in [0.5, 0.6) is 0 Å². The molecule has 8 heteroatoms. The Kier molecular flexibility index (Phi) is 5.96. The van der Waals surface area contributed by atoms with E-state index in [-0.39, 0.29) is 17.5 Å². The van der Waals surface area contributed by atoms with Crippen molar-refractivity contribution in [3.05, 3.63) is 65.4 Å². The van der Waals surface area contributed by atoms with Crippen LogP contribution in [-0.4, -0.2) is 57.6 Å². The van der Waals surface area contributed by atoms with Gasteiger partial charge in [0, 0.05) is 36.5 Å². The lowest BCUT2D eigenvalue weighted by molar-refractivity contribution is -0.116. The molecule has 0 aromatic heterocycles. The number of nitrogens with two attached hydrogens (primary N) is 1. The van der Waals surface area contributed by atoms with E-state index >= 15 is 0 Å². The molecule has 0 radical (unpaired) electrons. The number of nitrogens with zero attached hydrogens (tertiary/aromatic N) is 3. The molecular formula is C22H26N4O4. The summed E-state index contributed by atoms with van der Waals surface area (Å²) in [6.07, 6.45) is 3.39. The zero-order valence-corrected chi connectivity index (χ0v) is 17.2. The van der Waals surface area contributed by atoms with Gasteiger partial charge < -0.3 is 20.9 Å². The monoisotopic (exact) mass is 410 g/mol. The molecule has 8 nitrogen and oxygen atoms in total. The Morgan fingerprint density at radius 3 is 2.53 bits per heavy atom. The Morgan fingerprint density at radius 1 is 1.30 bits per heavy atom. The number of rotatable bonds is 5. The SMILES string of the molecule is CC(C)CN1C=C2C=CC(C(N)=NO)C(=O)C2=C(c2ccccc2)C1N(C)C(=O)O. The minimum Gasteiger partial charge on any atom is -0.465 e. The van der Waals surface area contributed by atoms with Crippen molar-refractivity contribution in [2.75, 3.05) is 13.6 Å². The van der Waals surface area contributed by atoms with Gasteiger partial charge in [0.25, 0.3) is 0 Å². The smallest absolute Gasteiger partial charge is 0.408 e. The highest BCUT2D eigenvalue weighted by Crippen LogP contribution is 2.40. The first-order valence-corrected chi connectivity index (χ1v) is 9.69. The second kappa shape index (κ2) is 8.44. The number of carboxylic acid groups (broad SMARTS) is 1. The van der Waals surface area contributed by atoms with Gasteiger partial charge in [-0.15, -0.1) is 0 Å². The van der Waals surface area contributed by atoms with Crippen molar-refractivity contribution in [3.8, 4) is 0 Å². The van der Waals surface area contributed by atoms with Crippen molar-refractivity contribution < 1.29 is 19.9 Å². The lowest BCUT2D eigenvalue weighted by Gasteiger charge is -2.43. The summed E-state index contributed by atoms with van der Waals surface area (Å²) in [5, 5.41) is 21.9. The zero-order chi connectivity index (χ0) is 22.0. The van der Waals surface area contributed by atoms with Crippen molar-refractivity contribution in [2.24, 2.45) is 22.7 Å². The molecule has 1 aliphatic carbocycles. The molecule has 30 heavy (non-hydrogen) atoms. The summed E-state index contributed by atoms with van der Waals surface area (Å²) < 4.78 is 0. The summed E-state index contributed by atoms with van der Waals surface area (Å²) in [5.74, 6) is -1.18. The topological polar surface area (TPSA) is 119 Å². The van der Waals surface area contributed by atoms with Gasteiger partial charge in [-0.1, -0.05) is 61.5 Å². The Bertz CT molecular complexity index is 963. The van der Waals surface area contributed by atoms with Crippen molar-refractivity contribution in [1.82, 2.24) is 9.80 Å². The fourth-order valence-electron chi connectivity index (χ4n) is 3.91. The largest absolute Gasteiger partial charge is 0.465 e. The highest BCUT2D eigenvalue weighted by Gasteiger charge is 2.40. The first-order chi connectivity index (χ1) is 14.3. The molecule has 1 aromatic rings. The number of amidine groups is 1. The van der Waals surface area contributed by atoms with Crippen molar-refractivity contribution in [2.45, 2.75) is 20.0 Å². The summed E-state index contributed by atoms with van der Waals surface area (Å²) in [6, 6.07) is 9.25. The first-order valence-electron chi connectivity index (χ1n) is 9.69. The van der Waals surface area contributed by atoms with Crippen LogP contribution in [-0.2, 0) is 4.79 Å². The van der Waals surface area contributed by atoms with E-state index < -0.39 is 18.2 Å². The average Bonchev–Trinajstić information content (AvgIpc) is 2.72. The van der Waals surface area contributed by atoms with E-state index in [1.54, 1.807) is 12.2 Å². The third-order valence-corrected chi connectivity index (χ3v) is 5.20. The molecule has 158 valence electrons. The standard InChI is InChI=1S/C22H26N4O4/c1-13(2)11-26-12-15-9-10-16(20(23)24-30)19(27)17(15)18(14-7-5-4-6-8-14)21(26)25(3)22(28)29/h4-10,12-13,16,21,30H,11H2,1-3H3,(H2,23,24)(H,28,29). The second-order valence-electron chi connectivity index (χ2n) is 7.82. The summed E-state index contributed by atoms with van der Waals surface area (Å²) in [4.78, 5) is 28.5. The lowest BCUT2D eigenvalue weighted by atomic mass is 9.78. The molecule has 0 bridgehead atoms. The van der Waals surface area contributed by atoms with Gasteiger partial charge in [-0.25, -0.2) is 4.79 Å². The van der Waals surface area contributed by atoms with E-state index in [1.165, 1.54) is 11.9 Å². The maximum atomic E-state index is 13.4. The molecule has 1 heterocycles. The van der Waals surface area contributed by atoms with Gasteiger partial charge in [0.2, 0.25) is 0 Å². The van der Waals surface area contributed by atoms with Gasteiger partial charge in [0.05, 0.1) is 0 Å². The Labute approximate surface area is 175 Å². The molecule has 4 N–H and O–H groups in total. The van der Waals surface area contributed by atoms with Crippen LogP contribution < -0.4 is 5.73 Å². The molecule has 1 amide bonds. The molecule has 1 aliphatic heterocycles. The number of carbonyl (C=O) groups excluding carboxylic acids is 1. The molecule has 3 rings (SSSR count). The second-order valence-corrected chi connectivity index (χ2v) is 7.82. The summed E-state index contributed by atoms with van der Waals surface area (Å²) in [7, 11) is 1.49. The van der Waals surface area contributed by atoms with E-state index in [4.69, 9.17) is 10.9 Å². The lowest BCUT2D eigenvalue weighted by Crippen LogP contribution is -2.51. The number of amides is 1. The third-order valence-electron chi connectivity index (χ3n) is 5.20. The van der Waals surface area contributed by atoms with Crippen molar-refractivity contribution in [3.63, 3.8) is 0 Å². The number of allylic oxidation sites excluding steroid dienone is 3. The minimum atomic E-state index is -1.11. The summed E-state index contributed by atoms with van der Waals surface area (Å²) in [6.45, 7) is 4.70. The minimum absolute atomic E-state index is 0.206. The van der Waals surface area contributed by atoms with Gasteiger partial charge in [-0.2, -0.15) is 0 Å². The molecule has 2 aliphatic rings. The molecule has 2 unspecified atom stereocenters. The van der Waals surface area contributed by atoms with E-state index in [1.807, 2.05) is 55.3 Å². The van der Waals surface area contributed by atoms with Gasteiger partial charge in [0.1, 0.15) is 12.1 Å². The van der Waals surface area contributed by atoms with Crippen LogP contribution in [0.25, 0.3) is 5.57 Å². The molecule has 2 atom stereocenters. The Balaban J connectivity index is 2.30. The normalized spacial score (nSPS) is 21.6. The number of oxime groups is 1. The van der Waals surface area contributed by atoms with Gasteiger partial charge in [-0.3, -0.25) is 9.69 Å². The maximum absolute atomic E-state index is 13.4. The number of ketones is 1. The molecule has 0 saturated carbocycles. The number of benzene rings is 1. The van der Waals surface area contributed by atoms with Crippen LogP contribution in [0.4, 0.5) is 4.79 Å². The quantitative estimate of drug-likeness (QED) is 0.297. The van der Waals surface area contributed by atoms with Crippen molar-refractivity contribution in [1.29, 1.82) is 0 Å². The molecular weight excluding hydrogens is 384 g/mol. The maximum Gasteiger partial charge on any atom is 0.408 e. The average molecular weight is 410 g/mol. The number of hydrogen-bond donors (Lipinski definition) is 3.